The molecule has 25 heavy (non-hydrogen) atoms. The molecule has 0 saturated heterocycles. The molecule has 2 amide bonds. The second kappa shape index (κ2) is 7.76. The van der Waals surface area contributed by atoms with Gasteiger partial charge >= 0.3 is 0 Å². The van der Waals surface area contributed by atoms with Crippen molar-refractivity contribution in [2.24, 2.45) is 5.41 Å². The summed E-state index contributed by atoms with van der Waals surface area (Å²) >= 11 is 12.0. The maximum Gasteiger partial charge on any atom is 0.239 e. The number of carbonyl (C=O) groups is 2. The standard InChI is InChI=1S/C18H18Cl2N2O3/c1-18(2,16(23)21-12-8-4-5-10-14(12)25-3)17(24)22-13-9-6-7-11(19)15(13)20/h4-10H,1-3H3,(H,21,23)(H,22,24). The number of hydrogen-bond donors (Lipinski definition) is 2. The van der Waals surface area contributed by atoms with Crippen LogP contribution in [0.15, 0.2) is 42.5 Å². The minimum absolute atomic E-state index is 0.221. The van der Waals surface area contributed by atoms with Crippen LogP contribution in [0.25, 0.3) is 0 Å². The number of para-hydroxylation sites is 2. The third-order valence-electron chi connectivity index (χ3n) is 3.69. The van der Waals surface area contributed by atoms with E-state index in [0.29, 0.717) is 22.1 Å². The van der Waals surface area contributed by atoms with E-state index in [1.54, 1.807) is 42.5 Å². The first kappa shape index (κ1) is 19.1. The van der Waals surface area contributed by atoms with Crippen molar-refractivity contribution >= 4 is 46.4 Å². The van der Waals surface area contributed by atoms with Crippen LogP contribution in [0.2, 0.25) is 10.0 Å². The lowest BCUT2D eigenvalue weighted by molar-refractivity contribution is -0.135. The first-order valence-corrected chi connectivity index (χ1v) is 8.23. The molecule has 2 aromatic carbocycles. The number of carbonyl (C=O) groups excluding carboxylic acids is 2. The molecule has 2 rings (SSSR count). The molecule has 0 fully saturated rings. The Labute approximate surface area is 156 Å². The van der Waals surface area contributed by atoms with Crippen LogP contribution >= 0.6 is 23.2 Å². The molecule has 0 aliphatic carbocycles. The summed E-state index contributed by atoms with van der Waals surface area (Å²) in [5.41, 5.74) is -0.527. The molecule has 0 bridgehead atoms. The lowest BCUT2D eigenvalue weighted by Crippen LogP contribution is -2.41. The average molecular weight is 381 g/mol. The molecule has 0 heterocycles. The molecular formula is C18H18Cl2N2O3. The number of benzene rings is 2. The predicted molar refractivity (Wildman–Crippen MR) is 100 cm³/mol. The summed E-state index contributed by atoms with van der Waals surface area (Å²) in [4.78, 5) is 25.2. The monoisotopic (exact) mass is 380 g/mol. The first-order valence-electron chi connectivity index (χ1n) is 7.47. The van der Waals surface area contributed by atoms with E-state index in [9.17, 15) is 9.59 Å². The maximum atomic E-state index is 12.6. The number of amides is 2. The Morgan fingerprint density at radius 2 is 1.48 bits per heavy atom. The van der Waals surface area contributed by atoms with Crippen LogP contribution < -0.4 is 15.4 Å². The van der Waals surface area contributed by atoms with Gasteiger partial charge < -0.3 is 15.4 Å². The Morgan fingerprint density at radius 1 is 0.920 bits per heavy atom. The van der Waals surface area contributed by atoms with Gasteiger partial charge in [0, 0.05) is 0 Å². The summed E-state index contributed by atoms with van der Waals surface area (Å²) in [7, 11) is 1.50. The van der Waals surface area contributed by atoms with Crippen LogP contribution in [0.5, 0.6) is 5.75 Å². The lowest BCUT2D eigenvalue weighted by atomic mass is 9.90. The molecule has 0 radical (unpaired) electrons. The molecule has 5 nitrogen and oxygen atoms in total. The van der Waals surface area contributed by atoms with Gasteiger partial charge in [-0.25, -0.2) is 0 Å². The molecular weight excluding hydrogens is 363 g/mol. The first-order chi connectivity index (χ1) is 11.8. The summed E-state index contributed by atoms with van der Waals surface area (Å²) in [6.45, 7) is 3.04. The van der Waals surface area contributed by atoms with Crippen LogP contribution in [0.4, 0.5) is 11.4 Å². The summed E-state index contributed by atoms with van der Waals surface area (Å²) in [5, 5.41) is 5.89. The topological polar surface area (TPSA) is 67.4 Å². The minimum Gasteiger partial charge on any atom is -0.495 e. The largest absolute Gasteiger partial charge is 0.495 e. The summed E-state index contributed by atoms with van der Waals surface area (Å²) in [6, 6.07) is 11.8. The van der Waals surface area contributed by atoms with Crippen LogP contribution in [0, 0.1) is 5.41 Å². The predicted octanol–water partition coefficient (Wildman–Crippen LogP) is 4.61. The maximum absolute atomic E-state index is 12.6. The summed E-state index contributed by atoms with van der Waals surface area (Å²) < 4.78 is 5.20. The molecule has 0 spiro atoms. The third-order valence-corrected chi connectivity index (χ3v) is 4.51. The van der Waals surface area contributed by atoms with Crippen LogP contribution in [-0.2, 0) is 9.59 Å². The zero-order valence-corrected chi connectivity index (χ0v) is 15.5. The Balaban J connectivity index is 2.17. The van der Waals surface area contributed by atoms with Crippen molar-refractivity contribution in [1.29, 1.82) is 0 Å². The highest BCUT2D eigenvalue weighted by Crippen LogP contribution is 2.31. The van der Waals surface area contributed by atoms with Crippen molar-refractivity contribution in [3.8, 4) is 5.75 Å². The molecule has 132 valence electrons. The van der Waals surface area contributed by atoms with Crippen molar-refractivity contribution in [3.63, 3.8) is 0 Å². The van der Waals surface area contributed by atoms with Gasteiger partial charge in [0.25, 0.3) is 0 Å². The normalized spacial score (nSPS) is 10.9. The Kier molecular flexibility index (Phi) is 5.93. The fourth-order valence-electron chi connectivity index (χ4n) is 2.01. The molecule has 7 heteroatoms. The quantitative estimate of drug-likeness (QED) is 0.744. The van der Waals surface area contributed by atoms with Crippen molar-refractivity contribution < 1.29 is 14.3 Å². The van der Waals surface area contributed by atoms with Gasteiger partial charge in [0.05, 0.1) is 28.5 Å². The van der Waals surface area contributed by atoms with Gasteiger partial charge in [-0.1, -0.05) is 41.4 Å². The molecule has 0 unspecified atom stereocenters. The molecule has 2 N–H and O–H groups in total. The van der Waals surface area contributed by atoms with Crippen molar-refractivity contribution in [2.75, 3.05) is 17.7 Å². The minimum atomic E-state index is -1.35. The van der Waals surface area contributed by atoms with E-state index in [2.05, 4.69) is 10.6 Å². The fourth-order valence-corrected chi connectivity index (χ4v) is 2.36. The van der Waals surface area contributed by atoms with Crippen molar-refractivity contribution in [2.45, 2.75) is 13.8 Å². The van der Waals surface area contributed by atoms with E-state index in [1.807, 2.05) is 0 Å². The van der Waals surface area contributed by atoms with Crippen LogP contribution in [0.3, 0.4) is 0 Å². The zero-order valence-electron chi connectivity index (χ0n) is 14.0. The number of hydrogen-bond acceptors (Lipinski definition) is 3. The SMILES string of the molecule is COc1ccccc1NC(=O)C(C)(C)C(=O)Nc1cccc(Cl)c1Cl. The number of halogens is 2. The van der Waals surface area contributed by atoms with Gasteiger partial charge in [-0.3, -0.25) is 9.59 Å². The number of rotatable bonds is 5. The summed E-state index contributed by atoms with van der Waals surface area (Å²) in [6.07, 6.45) is 0. The average Bonchev–Trinajstić information content (AvgIpc) is 2.59. The zero-order chi connectivity index (χ0) is 18.6. The van der Waals surface area contributed by atoms with E-state index in [-0.39, 0.29) is 5.02 Å². The fraction of sp³-hybridized carbons (Fsp3) is 0.222. The van der Waals surface area contributed by atoms with Gasteiger partial charge in [-0.05, 0) is 38.1 Å². The molecule has 0 aliphatic rings. The van der Waals surface area contributed by atoms with Crippen LogP contribution in [0.1, 0.15) is 13.8 Å². The van der Waals surface area contributed by atoms with Crippen molar-refractivity contribution in [3.05, 3.63) is 52.5 Å². The van der Waals surface area contributed by atoms with Gasteiger partial charge in [0.2, 0.25) is 11.8 Å². The highest BCUT2D eigenvalue weighted by molar-refractivity contribution is 6.44. The lowest BCUT2D eigenvalue weighted by Gasteiger charge is -2.23. The Morgan fingerprint density at radius 3 is 2.12 bits per heavy atom. The van der Waals surface area contributed by atoms with Gasteiger partial charge in [-0.15, -0.1) is 0 Å². The number of nitrogens with one attached hydrogen (secondary N) is 2. The van der Waals surface area contributed by atoms with E-state index >= 15 is 0 Å². The van der Waals surface area contributed by atoms with Gasteiger partial charge in [0.1, 0.15) is 11.2 Å². The highest BCUT2D eigenvalue weighted by Gasteiger charge is 2.36. The third kappa shape index (κ3) is 4.24. The van der Waals surface area contributed by atoms with Gasteiger partial charge in [-0.2, -0.15) is 0 Å². The van der Waals surface area contributed by atoms with E-state index < -0.39 is 17.2 Å². The molecule has 0 saturated carbocycles. The van der Waals surface area contributed by atoms with E-state index in [0.717, 1.165) is 0 Å². The van der Waals surface area contributed by atoms with Crippen molar-refractivity contribution in [1.82, 2.24) is 0 Å². The molecule has 2 aromatic rings. The smallest absolute Gasteiger partial charge is 0.239 e. The van der Waals surface area contributed by atoms with Crippen LogP contribution in [-0.4, -0.2) is 18.9 Å². The Bertz CT molecular complexity index is 807. The summed E-state index contributed by atoms with van der Waals surface area (Å²) in [5.74, 6) is -0.485. The second-order valence-corrected chi connectivity index (χ2v) is 6.62. The number of ether oxygens (including phenoxy) is 1. The second-order valence-electron chi connectivity index (χ2n) is 5.83. The Hall–Kier alpha value is -2.24. The molecule has 0 aromatic heterocycles. The van der Waals surface area contributed by atoms with E-state index in [4.69, 9.17) is 27.9 Å². The number of anilines is 2. The molecule has 0 atom stereocenters. The van der Waals surface area contributed by atoms with Gasteiger partial charge in [0.15, 0.2) is 0 Å². The highest BCUT2D eigenvalue weighted by atomic mass is 35.5. The molecule has 0 aliphatic heterocycles. The van der Waals surface area contributed by atoms with E-state index in [1.165, 1.54) is 21.0 Å². The number of methoxy groups -OCH3 is 1.